The van der Waals surface area contributed by atoms with E-state index in [-0.39, 0.29) is 37.5 Å². The van der Waals surface area contributed by atoms with Crippen molar-refractivity contribution in [3.63, 3.8) is 0 Å². The van der Waals surface area contributed by atoms with Crippen LogP contribution in [-0.4, -0.2) is 60.9 Å². The molecule has 2 fully saturated rings. The minimum absolute atomic E-state index is 0.0171. The average molecular weight is 229 g/mol. The first-order chi connectivity index (χ1) is 7.68. The third-order valence-electron chi connectivity index (χ3n) is 2.93. The summed E-state index contributed by atoms with van der Waals surface area (Å²) in [6.07, 6.45) is 0.0713. The Labute approximate surface area is 93.1 Å². The van der Waals surface area contributed by atoms with Crippen molar-refractivity contribution in [2.75, 3.05) is 33.0 Å². The number of nitrogens with zero attached hydrogens (tertiary/aromatic N) is 1. The van der Waals surface area contributed by atoms with E-state index in [4.69, 9.17) is 9.47 Å². The van der Waals surface area contributed by atoms with Crippen molar-refractivity contribution in [2.45, 2.75) is 12.5 Å². The molecule has 0 saturated carbocycles. The molecule has 1 N–H and O–H groups in total. The van der Waals surface area contributed by atoms with Crippen LogP contribution in [-0.2, 0) is 19.1 Å². The van der Waals surface area contributed by atoms with Gasteiger partial charge in [0.25, 0.3) is 11.8 Å². The van der Waals surface area contributed by atoms with Crippen LogP contribution in [0.15, 0.2) is 0 Å². The van der Waals surface area contributed by atoms with E-state index in [1.807, 2.05) is 0 Å². The van der Waals surface area contributed by atoms with Crippen LogP contribution in [0, 0.1) is 5.92 Å². The maximum Gasteiger partial charge on any atom is 0.255 e. The van der Waals surface area contributed by atoms with Gasteiger partial charge in [-0.2, -0.15) is 0 Å². The zero-order valence-electron chi connectivity index (χ0n) is 8.92. The SMILES string of the molecule is O=C1COCC(=O)N1CC(O)C1CCOC1. The van der Waals surface area contributed by atoms with Gasteiger partial charge < -0.3 is 14.6 Å². The summed E-state index contributed by atoms with van der Waals surface area (Å²) in [5.41, 5.74) is 0. The summed E-state index contributed by atoms with van der Waals surface area (Å²) in [6, 6.07) is 0. The Morgan fingerprint density at radius 2 is 2.00 bits per heavy atom. The molecule has 0 aliphatic carbocycles. The Bertz CT molecular complexity index is 271. The number of carbonyl (C=O) groups is 2. The number of aliphatic hydroxyl groups is 1. The summed E-state index contributed by atoms with van der Waals surface area (Å²) in [6.45, 7) is 1.01. The quantitative estimate of drug-likeness (QED) is 0.613. The molecule has 2 aliphatic rings. The maximum absolute atomic E-state index is 11.4. The van der Waals surface area contributed by atoms with Crippen molar-refractivity contribution in [3.05, 3.63) is 0 Å². The van der Waals surface area contributed by atoms with Gasteiger partial charge in [-0.3, -0.25) is 14.5 Å². The van der Waals surface area contributed by atoms with E-state index in [0.29, 0.717) is 13.2 Å². The standard InChI is InChI=1S/C10H15NO5/c12-8(7-1-2-15-4-7)3-11-9(13)5-16-6-10(11)14/h7-8,12H,1-6H2. The Balaban J connectivity index is 1.91. The van der Waals surface area contributed by atoms with Crippen molar-refractivity contribution in [1.29, 1.82) is 0 Å². The van der Waals surface area contributed by atoms with E-state index >= 15 is 0 Å². The molecule has 2 amide bonds. The zero-order valence-corrected chi connectivity index (χ0v) is 8.92. The van der Waals surface area contributed by atoms with Gasteiger partial charge in [0.1, 0.15) is 13.2 Å². The minimum atomic E-state index is -0.700. The molecule has 0 aromatic carbocycles. The van der Waals surface area contributed by atoms with E-state index in [2.05, 4.69) is 0 Å². The summed E-state index contributed by atoms with van der Waals surface area (Å²) < 4.78 is 9.93. The maximum atomic E-state index is 11.4. The first-order valence-corrected chi connectivity index (χ1v) is 5.35. The van der Waals surface area contributed by atoms with Gasteiger partial charge in [-0.25, -0.2) is 0 Å². The number of imide groups is 1. The number of morpholine rings is 1. The van der Waals surface area contributed by atoms with Crippen LogP contribution in [0.5, 0.6) is 0 Å². The number of hydrogen-bond donors (Lipinski definition) is 1. The lowest BCUT2D eigenvalue weighted by Crippen LogP contribution is -2.50. The number of aliphatic hydroxyl groups excluding tert-OH is 1. The topological polar surface area (TPSA) is 76.1 Å². The summed E-state index contributed by atoms with van der Waals surface area (Å²) in [4.78, 5) is 23.9. The van der Waals surface area contributed by atoms with Crippen LogP contribution in [0.3, 0.4) is 0 Å². The summed E-state index contributed by atoms with van der Waals surface area (Å²) in [7, 11) is 0. The number of hydrogen-bond acceptors (Lipinski definition) is 5. The molecule has 2 rings (SSSR count). The predicted octanol–water partition coefficient (Wildman–Crippen LogP) is -1.23. The predicted molar refractivity (Wildman–Crippen MR) is 52.5 cm³/mol. The average Bonchev–Trinajstić information content (AvgIpc) is 2.76. The lowest BCUT2D eigenvalue weighted by molar-refractivity contribution is -0.160. The Hall–Kier alpha value is -0.980. The third kappa shape index (κ3) is 2.40. The van der Waals surface area contributed by atoms with Crippen LogP contribution in [0.4, 0.5) is 0 Å². The van der Waals surface area contributed by atoms with Crippen LogP contribution in [0.1, 0.15) is 6.42 Å². The fourth-order valence-corrected chi connectivity index (χ4v) is 1.92. The molecule has 2 saturated heterocycles. The van der Waals surface area contributed by atoms with Gasteiger partial charge in [0.05, 0.1) is 19.3 Å². The molecule has 2 aliphatic heterocycles. The van der Waals surface area contributed by atoms with Gasteiger partial charge in [-0.1, -0.05) is 0 Å². The van der Waals surface area contributed by atoms with Crippen molar-refractivity contribution < 1.29 is 24.2 Å². The van der Waals surface area contributed by atoms with E-state index in [9.17, 15) is 14.7 Å². The Morgan fingerprint density at radius 3 is 2.56 bits per heavy atom. The van der Waals surface area contributed by atoms with Crippen LogP contribution >= 0.6 is 0 Å². The highest BCUT2D eigenvalue weighted by atomic mass is 16.5. The van der Waals surface area contributed by atoms with Gasteiger partial charge in [-0.05, 0) is 6.42 Å². The molecule has 2 unspecified atom stereocenters. The molecule has 0 bridgehead atoms. The van der Waals surface area contributed by atoms with Gasteiger partial charge in [-0.15, -0.1) is 0 Å². The van der Waals surface area contributed by atoms with Crippen molar-refractivity contribution in [3.8, 4) is 0 Å². The first-order valence-electron chi connectivity index (χ1n) is 5.35. The number of rotatable bonds is 3. The van der Waals surface area contributed by atoms with Crippen LogP contribution in [0.2, 0.25) is 0 Å². The minimum Gasteiger partial charge on any atom is -0.391 e. The fraction of sp³-hybridized carbons (Fsp3) is 0.800. The second kappa shape index (κ2) is 4.90. The lowest BCUT2D eigenvalue weighted by atomic mass is 10.0. The number of ether oxygens (including phenoxy) is 2. The smallest absolute Gasteiger partial charge is 0.255 e. The molecular weight excluding hydrogens is 214 g/mol. The number of amides is 2. The van der Waals surface area contributed by atoms with Crippen molar-refractivity contribution in [2.24, 2.45) is 5.92 Å². The largest absolute Gasteiger partial charge is 0.391 e. The fourth-order valence-electron chi connectivity index (χ4n) is 1.92. The van der Waals surface area contributed by atoms with Gasteiger partial charge in [0, 0.05) is 12.5 Å². The summed E-state index contributed by atoms with van der Waals surface area (Å²) in [5.74, 6) is -0.744. The second-order valence-electron chi connectivity index (χ2n) is 4.08. The van der Waals surface area contributed by atoms with Crippen molar-refractivity contribution >= 4 is 11.8 Å². The Morgan fingerprint density at radius 1 is 1.31 bits per heavy atom. The van der Waals surface area contributed by atoms with Gasteiger partial charge in [0.15, 0.2) is 0 Å². The van der Waals surface area contributed by atoms with Gasteiger partial charge >= 0.3 is 0 Å². The van der Waals surface area contributed by atoms with E-state index < -0.39 is 6.10 Å². The molecule has 2 heterocycles. The molecule has 0 aromatic rings. The molecule has 90 valence electrons. The molecule has 2 atom stereocenters. The highest BCUT2D eigenvalue weighted by Gasteiger charge is 2.32. The van der Waals surface area contributed by atoms with Crippen LogP contribution in [0.25, 0.3) is 0 Å². The number of carbonyl (C=O) groups excluding carboxylic acids is 2. The number of β-amino-alcohol motifs (C(OH)–C–C–N with tert-alkyl or cyclic N) is 1. The molecule has 6 heteroatoms. The zero-order chi connectivity index (χ0) is 11.5. The highest BCUT2D eigenvalue weighted by molar-refractivity contribution is 5.98. The molecule has 0 aromatic heterocycles. The summed E-state index contributed by atoms with van der Waals surface area (Å²) >= 11 is 0. The van der Waals surface area contributed by atoms with Gasteiger partial charge in [0.2, 0.25) is 0 Å². The monoisotopic (exact) mass is 229 g/mol. The normalized spacial score (nSPS) is 28.6. The second-order valence-corrected chi connectivity index (χ2v) is 4.08. The lowest BCUT2D eigenvalue weighted by Gasteiger charge is -2.28. The Kier molecular flexibility index (Phi) is 3.52. The molecule has 0 spiro atoms. The van der Waals surface area contributed by atoms with E-state index in [1.165, 1.54) is 0 Å². The van der Waals surface area contributed by atoms with Crippen LogP contribution < -0.4 is 0 Å². The molecule has 6 nitrogen and oxygen atoms in total. The summed E-state index contributed by atoms with van der Waals surface area (Å²) in [5, 5.41) is 9.87. The highest BCUT2D eigenvalue weighted by Crippen LogP contribution is 2.18. The van der Waals surface area contributed by atoms with E-state index in [0.717, 1.165) is 11.3 Å². The van der Waals surface area contributed by atoms with Crippen molar-refractivity contribution in [1.82, 2.24) is 4.90 Å². The molecular formula is C10H15NO5. The van der Waals surface area contributed by atoms with E-state index in [1.54, 1.807) is 0 Å². The third-order valence-corrected chi connectivity index (χ3v) is 2.93. The molecule has 16 heavy (non-hydrogen) atoms. The molecule has 0 radical (unpaired) electrons. The first kappa shape index (κ1) is 11.5.